The Labute approximate surface area is 371 Å². The normalized spacial score (nSPS) is 19.3. The summed E-state index contributed by atoms with van der Waals surface area (Å²) in [4.78, 5) is 16.0. The fourth-order valence-corrected chi connectivity index (χ4v) is 9.19. The van der Waals surface area contributed by atoms with Crippen LogP contribution in [0.2, 0.25) is 0 Å². The van der Waals surface area contributed by atoms with Gasteiger partial charge in [-0.1, -0.05) is 146 Å². The van der Waals surface area contributed by atoms with Crippen molar-refractivity contribution in [2.24, 2.45) is 5.92 Å². The molecule has 10 nitrogen and oxygen atoms in total. The fourth-order valence-electron chi connectivity index (χ4n) is 8.00. The molecule has 11 heteroatoms. The SMILES string of the molecule is Cc1ccc(S(=O)(=O)N[C@H](Cc2ccccc2)C(=O)NCc2cccc(-c3cccc([C@@H]4O[C@H](CN(C)[C@H](C)[C@@H](O)c5ccccc5)[C@H](C)[C@H](c5ccc(CO)cc5)O4)c3)c2)cc1. The highest BCUT2D eigenvalue weighted by Gasteiger charge is 2.40. The van der Waals surface area contributed by atoms with E-state index >= 15 is 0 Å². The Morgan fingerprint density at radius 1 is 0.746 bits per heavy atom. The predicted octanol–water partition coefficient (Wildman–Crippen LogP) is 8.21. The first kappa shape index (κ1) is 45.5. The van der Waals surface area contributed by atoms with Crippen LogP contribution >= 0.6 is 0 Å². The van der Waals surface area contributed by atoms with Crippen LogP contribution in [0, 0.1) is 12.8 Å². The van der Waals surface area contributed by atoms with Crippen LogP contribution < -0.4 is 10.0 Å². The zero-order valence-corrected chi connectivity index (χ0v) is 37.0. The first-order valence-electron chi connectivity index (χ1n) is 21.4. The average Bonchev–Trinajstić information content (AvgIpc) is 3.31. The lowest BCUT2D eigenvalue weighted by atomic mass is 9.89. The summed E-state index contributed by atoms with van der Waals surface area (Å²) in [6.07, 6.45) is -1.78. The number of carbonyl (C=O) groups is 1. The van der Waals surface area contributed by atoms with Gasteiger partial charge in [-0.2, -0.15) is 4.72 Å². The number of nitrogens with zero attached hydrogens (tertiary/aromatic N) is 1. The summed E-state index contributed by atoms with van der Waals surface area (Å²) in [5.74, 6) is -0.488. The molecule has 6 aromatic carbocycles. The number of sulfonamides is 1. The summed E-state index contributed by atoms with van der Waals surface area (Å²) in [6.45, 7) is 6.71. The quantitative estimate of drug-likeness (QED) is 0.0721. The molecule has 7 rings (SSSR count). The van der Waals surface area contributed by atoms with Gasteiger partial charge in [-0.3, -0.25) is 9.69 Å². The molecule has 63 heavy (non-hydrogen) atoms. The number of rotatable bonds is 17. The zero-order valence-electron chi connectivity index (χ0n) is 36.2. The van der Waals surface area contributed by atoms with Crippen molar-refractivity contribution >= 4 is 15.9 Å². The molecule has 0 bridgehead atoms. The number of aliphatic hydroxyl groups is 2. The first-order valence-corrected chi connectivity index (χ1v) is 22.9. The molecule has 7 atom stereocenters. The van der Waals surface area contributed by atoms with E-state index < -0.39 is 34.4 Å². The second-order valence-corrected chi connectivity index (χ2v) is 18.3. The number of nitrogens with one attached hydrogen (secondary N) is 2. The lowest BCUT2D eigenvalue weighted by Gasteiger charge is -2.43. The molecule has 1 saturated heterocycles. The summed E-state index contributed by atoms with van der Waals surface area (Å²) in [5, 5.41) is 24.0. The van der Waals surface area contributed by atoms with E-state index in [4.69, 9.17) is 9.47 Å². The van der Waals surface area contributed by atoms with Crippen molar-refractivity contribution in [2.45, 2.75) is 81.9 Å². The molecule has 0 unspecified atom stereocenters. The van der Waals surface area contributed by atoms with Crippen molar-refractivity contribution < 1.29 is 32.9 Å². The topological polar surface area (TPSA) is 137 Å². The van der Waals surface area contributed by atoms with Crippen LogP contribution in [0.15, 0.2) is 163 Å². The molecule has 1 fully saturated rings. The molecule has 1 heterocycles. The molecule has 0 spiro atoms. The maximum atomic E-state index is 13.8. The predicted molar refractivity (Wildman–Crippen MR) is 246 cm³/mol. The van der Waals surface area contributed by atoms with Crippen LogP contribution in [0.25, 0.3) is 11.1 Å². The minimum absolute atomic E-state index is 0.0483. The lowest BCUT2D eigenvalue weighted by Crippen LogP contribution is -2.47. The Balaban J connectivity index is 1.08. The van der Waals surface area contributed by atoms with Crippen molar-refractivity contribution in [3.05, 3.63) is 197 Å². The van der Waals surface area contributed by atoms with Gasteiger partial charge in [0.05, 0.1) is 29.8 Å². The van der Waals surface area contributed by atoms with Gasteiger partial charge in [-0.15, -0.1) is 0 Å². The summed E-state index contributed by atoms with van der Waals surface area (Å²) < 4.78 is 43.1. The minimum Gasteiger partial charge on any atom is -0.392 e. The summed E-state index contributed by atoms with van der Waals surface area (Å²) in [7, 11) is -1.98. The number of hydrogen-bond donors (Lipinski definition) is 4. The number of aliphatic hydroxyl groups excluding tert-OH is 2. The highest BCUT2D eigenvalue weighted by atomic mass is 32.2. The minimum atomic E-state index is -3.99. The van der Waals surface area contributed by atoms with Gasteiger partial charge >= 0.3 is 0 Å². The van der Waals surface area contributed by atoms with Gasteiger partial charge in [0.1, 0.15) is 6.04 Å². The van der Waals surface area contributed by atoms with E-state index in [0.717, 1.165) is 50.1 Å². The number of carbonyl (C=O) groups excluding carboxylic acids is 1. The Hall–Kier alpha value is -5.50. The third kappa shape index (κ3) is 11.6. The van der Waals surface area contributed by atoms with Gasteiger partial charge in [-0.25, -0.2) is 8.42 Å². The van der Waals surface area contributed by atoms with Crippen LogP contribution in [0.5, 0.6) is 0 Å². The number of ether oxygens (including phenoxy) is 2. The molecule has 1 aliphatic rings. The number of likely N-dealkylation sites (N-methyl/N-ethyl adjacent to an activating group) is 1. The number of amides is 1. The third-order valence-corrected chi connectivity index (χ3v) is 13.5. The monoisotopic (exact) mass is 867 g/mol. The molecule has 328 valence electrons. The second-order valence-electron chi connectivity index (χ2n) is 16.6. The fraction of sp³-hybridized carbons (Fsp3) is 0.288. The van der Waals surface area contributed by atoms with E-state index in [-0.39, 0.29) is 48.6 Å². The zero-order chi connectivity index (χ0) is 44.5. The molecule has 6 aromatic rings. The summed E-state index contributed by atoms with van der Waals surface area (Å²) in [5.41, 5.74) is 7.94. The van der Waals surface area contributed by atoms with E-state index in [1.165, 1.54) is 12.1 Å². The summed E-state index contributed by atoms with van der Waals surface area (Å²) >= 11 is 0. The maximum absolute atomic E-state index is 13.8. The van der Waals surface area contributed by atoms with Crippen molar-refractivity contribution in [3.8, 4) is 11.1 Å². The first-order chi connectivity index (χ1) is 30.4. The van der Waals surface area contributed by atoms with Crippen LogP contribution in [-0.2, 0) is 43.9 Å². The number of aryl methyl sites for hydroxylation is 1. The highest BCUT2D eigenvalue weighted by molar-refractivity contribution is 7.89. The van der Waals surface area contributed by atoms with E-state index in [9.17, 15) is 23.4 Å². The Morgan fingerprint density at radius 3 is 2.06 bits per heavy atom. The van der Waals surface area contributed by atoms with Crippen molar-refractivity contribution in [1.82, 2.24) is 14.9 Å². The smallest absolute Gasteiger partial charge is 0.241 e. The molecular weight excluding hydrogens is 811 g/mol. The summed E-state index contributed by atoms with van der Waals surface area (Å²) in [6, 6.07) is 48.1. The van der Waals surface area contributed by atoms with Gasteiger partial charge in [-0.05, 0) is 90.5 Å². The van der Waals surface area contributed by atoms with E-state index in [1.807, 2.05) is 148 Å². The standard InChI is InChI=1S/C52H57N3O7S/c1-35-21-27-46(28-22-35)63(59,60)54-47(30-38-13-7-5-8-14-38)51(58)53-32-40-15-11-18-43(29-40)44-19-12-20-45(31-44)52-61-48(33-55(4)37(3)49(57)41-16-9-6-10-17-41)36(2)50(62-52)42-25-23-39(34-56)24-26-42/h5-29,31,36-37,47-50,52,54,56-57H,30,32-34H2,1-4H3,(H,53,58)/t36-,37+,47+,48+,49+,50+,52+/m0/s1. The number of hydrogen-bond acceptors (Lipinski definition) is 8. The second kappa shape index (κ2) is 20.8. The van der Waals surface area contributed by atoms with Crippen molar-refractivity contribution in [1.29, 1.82) is 0 Å². The van der Waals surface area contributed by atoms with Crippen molar-refractivity contribution in [3.63, 3.8) is 0 Å². The molecule has 0 saturated carbocycles. The van der Waals surface area contributed by atoms with Gasteiger partial charge in [0, 0.05) is 30.6 Å². The van der Waals surface area contributed by atoms with Crippen LogP contribution in [0.1, 0.15) is 71.3 Å². The van der Waals surface area contributed by atoms with Crippen LogP contribution in [-0.4, -0.2) is 61.2 Å². The lowest BCUT2D eigenvalue weighted by molar-refractivity contribution is -0.276. The maximum Gasteiger partial charge on any atom is 0.241 e. The Kier molecular flexibility index (Phi) is 15.0. The molecule has 0 aliphatic carbocycles. The van der Waals surface area contributed by atoms with Gasteiger partial charge in [0.15, 0.2) is 6.29 Å². The van der Waals surface area contributed by atoms with Crippen molar-refractivity contribution in [2.75, 3.05) is 13.6 Å². The average molecular weight is 868 g/mol. The van der Waals surface area contributed by atoms with Crippen LogP contribution in [0.3, 0.4) is 0 Å². The highest BCUT2D eigenvalue weighted by Crippen LogP contribution is 2.42. The Bertz CT molecular complexity index is 2520. The molecule has 4 N–H and O–H groups in total. The van der Waals surface area contributed by atoms with E-state index in [0.29, 0.717) is 6.54 Å². The van der Waals surface area contributed by atoms with Gasteiger partial charge < -0.3 is 25.0 Å². The van der Waals surface area contributed by atoms with E-state index in [2.05, 4.69) is 27.9 Å². The van der Waals surface area contributed by atoms with Gasteiger partial charge in [0.2, 0.25) is 15.9 Å². The third-order valence-electron chi connectivity index (χ3n) is 12.0. The largest absolute Gasteiger partial charge is 0.392 e. The molecule has 0 radical (unpaired) electrons. The number of benzene rings is 6. The van der Waals surface area contributed by atoms with Crippen LogP contribution in [0.4, 0.5) is 0 Å². The molecule has 0 aromatic heterocycles. The van der Waals surface area contributed by atoms with Gasteiger partial charge in [0.25, 0.3) is 0 Å². The van der Waals surface area contributed by atoms with E-state index in [1.54, 1.807) is 12.1 Å². The molecule has 1 aliphatic heterocycles. The molecular formula is C52H57N3O7S. The Morgan fingerprint density at radius 2 is 1.38 bits per heavy atom. The molecule has 1 amide bonds.